The summed E-state index contributed by atoms with van der Waals surface area (Å²) < 4.78 is 13.3. The van der Waals surface area contributed by atoms with Crippen molar-refractivity contribution in [3.8, 4) is 0 Å². The van der Waals surface area contributed by atoms with Gasteiger partial charge in [-0.25, -0.2) is 9.59 Å². The van der Waals surface area contributed by atoms with E-state index in [4.69, 9.17) is 0 Å². The van der Waals surface area contributed by atoms with Crippen molar-refractivity contribution in [3.05, 3.63) is 11.6 Å². The van der Waals surface area contributed by atoms with Gasteiger partial charge < -0.3 is 14.2 Å². The van der Waals surface area contributed by atoms with Crippen molar-refractivity contribution >= 4 is 17.9 Å². The molecule has 0 rings (SSSR count). The molecule has 84 valence electrons. The molecule has 0 aliphatic rings. The Labute approximate surface area is 86.8 Å². The van der Waals surface area contributed by atoms with Crippen molar-refractivity contribution in [2.75, 3.05) is 20.8 Å². The smallest absolute Gasteiger partial charge is 0.337 e. The molecule has 0 fully saturated rings. The summed E-state index contributed by atoms with van der Waals surface area (Å²) in [6.07, 6.45) is 0.911. The van der Waals surface area contributed by atoms with Crippen LogP contribution in [0.5, 0.6) is 0 Å². The van der Waals surface area contributed by atoms with Crippen LogP contribution in [0.4, 0.5) is 0 Å². The standard InChI is InChI=1S/C9H12O6/c1-6(10)15-5-7(9(12)14-3)4-8(11)13-2/h4H,5H2,1-3H3/b7-4-. The molecule has 0 aliphatic heterocycles. The number of carbonyl (C=O) groups excluding carboxylic acids is 3. The molecule has 0 N–H and O–H groups in total. The van der Waals surface area contributed by atoms with Crippen LogP contribution in [-0.4, -0.2) is 38.7 Å². The SMILES string of the molecule is COC(=O)/C=C(/COC(C)=O)C(=O)OC. The summed E-state index contributed by atoms with van der Waals surface area (Å²) in [6.45, 7) is 0.865. The molecule has 0 aromatic heterocycles. The van der Waals surface area contributed by atoms with Crippen molar-refractivity contribution in [3.63, 3.8) is 0 Å². The molecule has 0 radical (unpaired) electrons. The van der Waals surface area contributed by atoms with Crippen LogP contribution >= 0.6 is 0 Å². The lowest BCUT2D eigenvalue weighted by atomic mass is 10.2. The third-order valence-corrected chi connectivity index (χ3v) is 1.37. The van der Waals surface area contributed by atoms with E-state index < -0.39 is 17.9 Å². The first kappa shape index (κ1) is 13.2. The molecular weight excluding hydrogens is 204 g/mol. The highest BCUT2D eigenvalue weighted by Gasteiger charge is 2.13. The molecule has 0 saturated heterocycles. The van der Waals surface area contributed by atoms with Crippen LogP contribution < -0.4 is 0 Å². The molecule has 0 saturated carbocycles. The zero-order chi connectivity index (χ0) is 11.8. The summed E-state index contributed by atoms with van der Waals surface area (Å²) in [5.41, 5.74) is -0.0837. The number of methoxy groups -OCH3 is 2. The van der Waals surface area contributed by atoms with E-state index in [-0.39, 0.29) is 12.2 Å². The Hall–Kier alpha value is -1.85. The van der Waals surface area contributed by atoms with Crippen molar-refractivity contribution in [1.82, 2.24) is 0 Å². The molecule has 0 amide bonds. The fourth-order valence-electron chi connectivity index (χ4n) is 0.671. The van der Waals surface area contributed by atoms with E-state index in [2.05, 4.69) is 14.2 Å². The molecular formula is C9H12O6. The second-order valence-electron chi connectivity index (χ2n) is 2.46. The number of hydrogen-bond acceptors (Lipinski definition) is 6. The summed E-state index contributed by atoms with van der Waals surface area (Å²) in [7, 11) is 2.32. The van der Waals surface area contributed by atoms with Crippen LogP contribution in [0.2, 0.25) is 0 Å². The first-order valence-electron chi connectivity index (χ1n) is 4.01. The van der Waals surface area contributed by atoms with Gasteiger partial charge in [0.15, 0.2) is 0 Å². The largest absolute Gasteiger partial charge is 0.466 e. The van der Waals surface area contributed by atoms with Crippen LogP contribution in [-0.2, 0) is 28.6 Å². The molecule has 0 aromatic rings. The molecule has 0 unspecified atom stereocenters. The maximum Gasteiger partial charge on any atom is 0.337 e. The maximum atomic E-state index is 11.1. The Morgan fingerprint density at radius 2 is 1.73 bits per heavy atom. The van der Waals surface area contributed by atoms with Crippen LogP contribution in [0.3, 0.4) is 0 Å². The van der Waals surface area contributed by atoms with E-state index in [1.165, 1.54) is 14.0 Å². The summed E-state index contributed by atoms with van der Waals surface area (Å²) in [6, 6.07) is 0. The summed E-state index contributed by atoms with van der Waals surface area (Å²) in [4.78, 5) is 32.4. The molecule has 0 aromatic carbocycles. The van der Waals surface area contributed by atoms with Crippen LogP contribution in [0.1, 0.15) is 6.92 Å². The lowest BCUT2D eigenvalue weighted by Gasteiger charge is -2.04. The van der Waals surface area contributed by atoms with Gasteiger partial charge in [0.1, 0.15) is 6.61 Å². The van der Waals surface area contributed by atoms with Gasteiger partial charge in [-0.05, 0) is 0 Å². The van der Waals surface area contributed by atoms with Gasteiger partial charge in [-0.2, -0.15) is 0 Å². The van der Waals surface area contributed by atoms with Gasteiger partial charge in [0.05, 0.1) is 19.8 Å². The monoisotopic (exact) mass is 216 g/mol. The molecule has 0 aliphatic carbocycles. The highest BCUT2D eigenvalue weighted by molar-refractivity contribution is 5.96. The number of rotatable bonds is 4. The molecule has 0 heterocycles. The average Bonchev–Trinajstić information content (AvgIpc) is 2.22. The molecule has 0 spiro atoms. The number of hydrogen-bond donors (Lipinski definition) is 0. The zero-order valence-corrected chi connectivity index (χ0v) is 8.73. The fraction of sp³-hybridized carbons (Fsp3) is 0.444. The normalized spacial score (nSPS) is 10.5. The van der Waals surface area contributed by atoms with Crippen LogP contribution in [0.15, 0.2) is 11.6 Å². The van der Waals surface area contributed by atoms with Crippen molar-refractivity contribution < 1.29 is 28.6 Å². The minimum atomic E-state index is -0.748. The minimum absolute atomic E-state index is 0.0837. The van der Waals surface area contributed by atoms with Gasteiger partial charge in [0.2, 0.25) is 0 Å². The van der Waals surface area contributed by atoms with Gasteiger partial charge in [-0.15, -0.1) is 0 Å². The van der Waals surface area contributed by atoms with E-state index in [1.54, 1.807) is 0 Å². The topological polar surface area (TPSA) is 78.9 Å². The number of esters is 3. The van der Waals surface area contributed by atoms with E-state index in [9.17, 15) is 14.4 Å². The Morgan fingerprint density at radius 1 is 1.13 bits per heavy atom. The summed E-state index contributed by atoms with van der Waals surface area (Å²) in [5, 5.41) is 0. The molecule has 6 nitrogen and oxygen atoms in total. The molecule has 0 atom stereocenters. The van der Waals surface area contributed by atoms with Crippen LogP contribution in [0.25, 0.3) is 0 Å². The predicted molar refractivity (Wildman–Crippen MR) is 48.7 cm³/mol. The second-order valence-corrected chi connectivity index (χ2v) is 2.46. The molecule has 0 bridgehead atoms. The Balaban J connectivity index is 4.58. The Bertz CT molecular complexity index is 291. The zero-order valence-electron chi connectivity index (χ0n) is 8.73. The highest BCUT2D eigenvalue weighted by atomic mass is 16.5. The van der Waals surface area contributed by atoms with Crippen molar-refractivity contribution in [2.45, 2.75) is 6.92 Å². The molecule has 6 heteroatoms. The van der Waals surface area contributed by atoms with Gasteiger partial charge >= 0.3 is 17.9 Å². The summed E-state index contributed by atoms with van der Waals surface area (Å²) in [5.74, 6) is -2.03. The maximum absolute atomic E-state index is 11.1. The van der Waals surface area contributed by atoms with E-state index in [0.29, 0.717) is 0 Å². The minimum Gasteiger partial charge on any atom is -0.466 e. The van der Waals surface area contributed by atoms with Crippen LogP contribution in [0, 0.1) is 0 Å². The lowest BCUT2D eigenvalue weighted by Crippen LogP contribution is -2.14. The van der Waals surface area contributed by atoms with Gasteiger partial charge in [0, 0.05) is 13.0 Å². The number of ether oxygens (including phenoxy) is 3. The fourth-order valence-corrected chi connectivity index (χ4v) is 0.671. The van der Waals surface area contributed by atoms with Gasteiger partial charge in [-0.1, -0.05) is 0 Å². The van der Waals surface area contributed by atoms with E-state index >= 15 is 0 Å². The Morgan fingerprint density at radius 3 is 2.13 bits per heavy atom. The highest BCUT2D eigenvalue weighted by Crippen LogP contribution is 2.00. The third kappa shape index (κ3) is 5.45. The van der Waals surface area contributed by atoms with Gasteiger partial charge in [-0.3, -0.25) is 4.79 Å². The average molecular weight is 216 g/mol. The first-order valence-corrected chi connectivity index (χ1v) is 4.01. The lowest BCUT2D eigenvalue weighted by molar-refractivity contribution is -0.143. The van der Waals surface area contributed by atoms with Crippen molar-refractivity contribution in [1.29, 1.82) is 0 Å². The van der Waals surface area contributed by atoms with E-state index in [1.807, 2.05) is 0 Å². The Kier molecular flexibility index (Phi) is 5.77. The van der Waals surface area contributed by atoms with Gasteiger partial charge in [0.25, 0.3) is 0 Å². The molecule has 15 heavy (non-hydrogen) atoms. The third-order valence-electron chi connectivity index (χ3n) is 1.37. The first-order chi connectivity index (χ1) is 7.01. The predicted octanol–water partition coefficient (Wildman–Crippen LogP) is -0.178. The quantitative estimate of drug-likeness (QED) is 0.368. The second kappa shape index (κ2) is 6.58. The van der Waals surface area contributed by atoms with Crippen molar-refractivity contribution in [2.24, 2.45) is 0 Å². The van der Waals surface area contributed by atoms with E-state index in [0.717, 1.165) is 13.2 Å². The number of carbonyl (C=O) groups is 3. The summed E-state index contributed by atoms with van der Waals surface area (Å²) >= 11 is 0.